The quantitative estimate of drug-likeness (QED) is 0.345. The van der Waals surface area contributed by atoms with Crippen LogP contribution in [-0.2, 0) is 9.59 Å². The van der Waals surface area contributed by atoms with Crippen LogP contribution in [0.4, 0.5) is 10.5 Å². The maximum Gasteiger partial charge on any atom is 0.320 e. The van der Waals surface area contributed by atoms with Crippen LogP contribution in [0.5, 0.6) is 5.75 Å². The average molecular weight is 612 g/mol. The van der Waals surface area contributed by atoms with E-state index in [2.05, 4.69) is 24.3 Å². The van der Waals surface area contributed by atoms with E-state index in [-0.39, 0.29) is 35.6 Å². The number of nitrogens with two attached hydrogens (primary N) is 1. The third kappa shape index (κ3) is 5.88. The summed E-state index contributed by atoms with van der Waals surface area (Å²) in [4.78, 5) is 46.5. The van der Waals surface area contributed by atoms with Crippen LogP contribution < -0.4 is 15.4 Å². The predicted molar refractivity (Wildman–Crippen MR) is 175 cm³/mol. The van der Waals surface area contributed by atoms with E-state index < -0.39 is 12.1 Å². The third-order valence-corrected chi connectivity index (χ3v) is 12.3. The molecule has 8 rings (SSSR count). The van der Waals surface area contributed by atoms with Crippen LogP contribution in [0.2, 0.25) is 0 Å². The zero-order valence-electron chi connectivity index (χ0n) is 26.7. The fourth-order valence-electron chi connectivity index (χ4n) is 10.6. The van der Waals surface area contributed by atoms with Gasteiger partial charge >= 0.3 is 6.03 Å². The van der Waals surface area contributed by atoms with Gasteiger partial charge in [-0.25, -0.2) is 4.79 Å². The average Bonchev–Trinajstić information content (AvgIpc) is 3.18. The number of methoxy groups -OCH3 is 1. The van der Waals surface area contributed by atoms with E-state index >= 15 is 4.79 Å². The predicted octanol–water partition coefficient (Wildman–Crippen LogP) is 7.09. The van der Waals surface area contributed by atoms with Crippen molar-refractivity contribution in [2.45, 2.75) is 101 Å². The van der Waals surface area contributed by atoms with Crippen LogP contribution in [0.15, 0.2) is 54.6 Å². The zero-order valence-corrected chi connectivity index (χ0v) is 26.7. The van der Waals surface area contributed by atoms with Gasteiger partial charge in [-0.2, -0.15) is 0 Å². The molecule has 2 aromatic carbocycles. The lowest BCUT2D eigenvalue weighted by Crippen LogP contribution is -2.58. The molecule has 5 aliphatic carbocycles. The van der Waals surface area contributed by atoms with Gasteiger partial charge < -0.3 is 15.4 Å². The molecule has 6 fully saturated rings. The fraction of sp³-hybridized carbons (Fsp3) is 0.605. The standard InChI is InChI=1S/C38H49N3O4/c1-45-32-14-8-13-31(20-32)41(37(39)44)34-19-30(28-9-4-2-5-10-28)18-33(29-11-6-3-7-12-29)40(36(34)43)24-35(42)38-21-25-15-26(22-38)17-27(16-25)23-38/h2,4-5,8-10,13-14,20,25-27,29-30,33-34H,3,6-7,11-12,15-19,21-24H2,1H3,(H2,39,44). The number of urea groups is 1. The van der Waals surface area contributed by atoms with Crippen molar-refractivity contribution in [2.24, 2.45) is 34.8 Å². The first-order valence-corrected chi connectivity index (χ1v) is 17.4. The van der Waals surface area contributed by atoms with Gasteiger partial charge in [0.05, 0.1) is 19.3 Å². The van der Waals surface area contributed by atoms with E-state index in [1.54, 1.807) is 13.2 Å². The summed E-state index contributed by atoms with van der Waals surface area (Å²) < 4.78 is 5.48. The lowest BCUT2D eigenvalue weighted by atomic mass is 9.48. The molecule has 0 aromatic heterocycles. The van der Waals surface area contributed by atoms with Crippen LogP contribution in [-0.4, -0.2) is 48.4 Å². The number of likely N-dealkylation sites (tertiary alicyclic amines) is 1. The Labute approximate surface area is 267 Å². The molecule has 1 heterocycles. The molecular weight excluding hydrogens is 562 g/mol. The van der Waals surface area contributed by atoms with E-state index in [0.717, 1.165) is 51.4 Å². The number of hydrogen-bond donors (Lipinski definition) is 1. The Morgan fingerprint density at radius 1 is 0.889 bits per heavy atom. The topological polar surface area (TPSA) is 92.9 Å². The summed E-state index contributed by atoms with van der Waals surface area (Å²) in [6, 6.07) is 16.1. The summed E-state index contributed by atoms with van der Waals surface area (Å²) >= 11 is 0. The molecule has 0 radical (unpaired) electrons. The number of rotatable bonds is 8. The maximum atomic E-state index is 15.1. The molecule has 3 amide bonds. The minimum Gasteiger partial charge on any atom is -0.497 e. The highest BCUT2D eigenvalue weighted by molar-refractivity contribution is 6.01. The molecule has 1 saturated heterocycles. The van der Waals surface area contributed by atoms with Crippen molar-refractivity contribution in [3.05, 3.63) is 60.2 Å². The minimum absolute atomic E-state index is 0.0409. The Hall–Kier alpha value is -3.35. The molecule has 7 heteroatoms. The van der Waals surface area contributed by atoms with Crippen molar-refractivity contribution in [3.8, 4) is 5.75 Å². The highest BCUT2D eigenvalue weighted by atomic mass is 16.5. The Kier molecular flexibility index (Phi) is 8.39. The number of primary amides is 1. The fourth-order valence-corrected chi connectivity index (χ4v) is 10.6. The van der Waals surface area contributed by atoms with Crippen LogP contribution >= 0.6 is 0 Å². The Morgan fingerprint density at radius 3 is 2.18 bits per heavy atom. The monoisotopic (exact) mass is 611 g/mol. The van der Waals surface area contributed by atoms with Gasteiger partial charge in [-0.1, -0.05) is 55.7 Å². The minimum atomic E-state index is -0.822. The lowest BCUT2D eigenvalue weighted by Gasteiger charge is -2.56. The van der Waals surface area contributed by atoms with Crippen LogP contribution in [0, 0.1) is 29.1 Å². The van der Waals surface area contributed by atoms with Crippen molar-refractivity contribution >= 4 is 23.4 Å². The first-order valence-electron chi connectivity index (χ1n) is 17.4. The highest BCUT2D eigenvalue weighted by Gasteiger charge is 2.55. The molecule has 3 unspecified atom stereocenters. The molecule has 2 aromatic rings. The molecule has 0 spiro atoms. The molecule has 240 valence electrons. The molecule has 7 nitrogen and oxygen atoms in total. The molecular formula is C38H49N3O4. The number of amides is 3. The van der Waals surface area contributed by atoms with Crippen LogP contribution in [0.3, 0.4) is 0 Å². The number of hydrogen-bond acceptors (Lipinski definition) is 4. The summed E-state index contributed by atoms with van der Waals surface area (Å²) in [7, 11) is 1.59. The number of ether oxygens (including phenoxy) is 1. The van der Waals surface area contributed by atoms with Gasteiger partial charge in [-0.3, -0.25) is 14.5 Å². The zero-order chi connectivity index (χ0) is 31.1. The number of nitrogens with zero attached hydrogens (tertiary/aromatic N) is 2. The molecule has 4 bridgehead atoms. The normalized spacial score (nSPS) is 33.1. The molecule has 5 saturated carbocycles. The van der Waals surface area contributed by atoms with E-state index in [0.29, 0.717) is 41.5 Å². The van der Waals surface area contributed by atoms with Gasteiger partial charge in [-0.15, -0.1) is 0 Å². The van der Waals surface area contributed by atoms with Gasteiger partial charge in [0.25, 0.3) is 0 Å². The first-order chi connectivity index (χ1) is 21.8. The summed E-state index contributed by atoms with van der Waals surface area (Å²) in [5, 5.41) is 0. The molecule has 1 aliphatic heterocycles. The number of carbonyl (C=O) groups is 3. The van der Waals surface area contributed by atoms with Gasteiger partial charge in [0.15, 0.2) is 5.78 Å². The highest BCUT2D eigenvalue weighted by Crippen LogP contribution is 2.60. The molecule has 45 heavy (non-hydrogen) atoms. The summed E-state index contributed by atoms with van der Waals surface area (Å²) in [6.45, 7) is 0.148. The van der Waals surface area contributed by atoms with Crippen LogP contribution in [0.25, 0.3) is 0 Å². The Balaban J connectivity index is 1.29. The largest absolute Gasteiger partial charge is 0.497 e. The Morgan fingerprint density at radius 2 is 1.56 bits per heavy atom. The summed E-state index contributed by atoms with van der Waals surface area (Å²) in [5.41, 5.74) is 7.54. The number of benzene rings is 2. The Bertz CT molecular complexity index is 1370. The van der Waals surface area contributed by atoms with Crippen molar-refractivity contribution in [2.75, 3.05) is 18.6 Å². The van der Waals surface area contributed by atoms with E-state index in [4.69, 9.17) is 10.5 Å². The van der Waals surface area contributed by atoms with E-state index in [9.17, 15) is 9.59 Å². The second kappa shape index (κ2) is 12.4. The maximum absolute atomic E-state index is 15.1. The van der Waals surface area contributed by atoms with E-state index in [1.807, 2.05) is 29.2 Å². The number of Topliss-reactive ketones (excluding diaryl/α,β-unsaturated/α-hetero) is 1. The third-order valence-electron chi connectivity index (χ3n) is 12.3. The lowest BCUT2D eigenvalue weighted by molar-refractivity contribution is -0.151. The summed E-state index contributed by atoms with van der Waals surface area (Å²) in [6.07, 6.45) is 13.7. The second-order valence-electron chi connectivity index (χ2n) is 15.1. The van der Waals surface area contributed by atoms with Gasteiger partial charge in [0, 0.05) is 17.5 Å². The number of carbonyl (C=O) groups excluding carboxylic acids is 3. The van der Waals surface area contributed by atoms with Gasteiger partial charge in [0.2, 0.25) is 5.91 Å². The molecule has 2 N–H and O–H groups in total. The van der Waals surface area contributed by atoms with Crippen molar-refractivity contribution in [1.29, 1.82) is 0 Å². The van der Waals surface area contributed by atoms with Crippen molar-refractivity contribution < 1.29 is 19.1 Å². The second-order valence-corrected chi connectivity index (χ2v) is 15.1. The van der Waals surface area contributed by atoms with Gasteiger partial charge in [-0.05, 0) is 111 Å². The first kappa shape index (κ1) is 30.3. The smallest absolute Gasteiger partial charge is 0.320 e. The number of ketones is 1. The van der Waals surface area contributed by atoms with Crippen LogP contribution in [0.1, 0.15) is 95.0 Å². The van der Waals surface area contributed by atoms with Crippen molar-refractivity contribution in [3.63, 3.8) is 0 Å². The molecule has 3 atom stereocenters. The van der Waals surface area contributed by atoms with E-state index in [1.165, 1.54) is 36.1 Å². The van der Waals surface area contributed by atoms with Gasteiger partial charge in [0.1, 0.15) is 11.8 Å². The molecule has 6 aliphatic rings. The summed E-state index contributed by atoms with van der Waals surface area (Å²) in [5.74, 6) is 3.07. The van der Waals surface area contributed by atoms with Crippen molar-refractivity contribution in [1.82, 2.24) is 4.90 Å². The SMILES string of the molecule is COc1cccc(N(C(N)=O)C2CC(c3ccccc3)CC(C3CCCCC3)N(CC(=O)C34CC5CC(CC(C5)C3)C4)C2=O)c1. The number of anilines is 1.